The fourth-order valence-electron chi connectivity index (χ4n) is 3.72. The van der Waals surface area contributed by atoms with Crippen LogP contribution in [0, 0.1) is 13.8 Å². The molecule has 4 rings (SSSR count). The van der Waals surface area contributed by atoms with Gasteiger partial charge in [0.15, 0.2) is 11.5 Å². The second-order valence-electron chi connectivity index (χ2n) is 8.96. The molecular weight excluding hydrogens is 506 g/mol. The Balaban J connectivity index is 1.43. The molecule has 0 bridgehead atoms. The minimum absolute atomic E-state index is 0.258. The highest BCUT2D eigenvalue weighted by Gasteiger charge is 2.15. The van der Waals surface area contributed by atoms with Crippen LogP contribution in [-0.4, -0.2) is 30.6 Å². The number of amides is 2. The van der Waals surface area contributed by atoms with Crippen molar-refractivity contribution >= 4 is 29.7 Å². The number of anilines is 1. The molecule has 0 unspecified atom stereocenters. The topological polar surface area (TPSA) is 106 Å². The van der Waals surface area contributed by atoms with E-state index in [1.54, 1.807) is 66.7 Å². The molecule has 4 aromatic carbocycles. The van der Waals surface area contributed by atoms with Gasteiger partial charge in [-0.25, -0.2) is 10.2 Å². The van der Waals surface area contributed by atoms with E-state index in [1.807, 2.05) is 45.0 Å². The Morgan fingerprint density at radius 3 is 2.10 bits per heavy atom. The van der Waals surface area contributed by atoms with Crippen molar-refractivity contribution in [1.29, 1.82) is 0 Å². The minimum atomic E-state index is -0.497. The van der Waals surface area contributed by atoms with Crippen LogP contribution in [0.5, 0.6) is 11.5 Å². The molecular formula is C32H29N3O5. The number of carbonyl (C=O) groups is 3. The summed E-state index contributed by atoms with van der Waals surface area (Å²) in [6.07, 6.45) is 1.44. The maximum atomic E-state index is 12.9. The van der Waals surface area contributed by atoms with Crippen LogP contribution in [0.2, 0.25) is 0 Å². The molecule has 4 aromatic rings. The molecule has 202 valence electrons. The van der Waals surface area contributed by atoms with Crippen LogP contribution < -0.4 is 20.2 Å². The van der Waals surface area contributed by atoms with Crippen LogP contribution in [0.15, 0.2) is 96.1 Å². The summed E-state index contributed by atoms with van der Waals surface area (Å²) in [5, 5.41) is 6.84. The molecule has 0 fully saturated rings. The third kappa shape index (κ3) is 7.20. The number of para-hydroxylation sites is 1. The van der Waals surface area contributed by atoms with E-state index in [4.69, 9.17) is 9.47 Å². The van der Waals surface area contributed by atoms with E-state index in [0.29, 0.717) is 34.7 Å². The number of benzene rings is 4. The SMILES string of the molecule is CCOc1cc(/C=N\NC(=O)c2ccccc2NC(=O)c2ccc(C)cc2)ccc1OC(=O)c1ccc(C)cc1. The molecule has 0 aliphatic carbocycles. The highest BCUT2D eigenvalue weighted by molar-refractivity contribution is 6.09. The molecule has 8 nitrogen and oxygen atoms in total. The number of carbonyl (C=O) groups excluding carboxylic acids is 3. The van der Waals surface area contributed by atoms with Crippen molar-refractivity contribution in [2.45, 2.75) is 20.8 Å². The lowest BCUT2D eigenvalue weighted by Gasteiger charge is -2.12. The first kappa shape index (κ1) is 27.8. The molecule has 0 saturated carbocycles. The van der Waals surface area contributed by atoms with Gasteiger partial charge in [0.05, 0.1) is 29.6 Å². The Morgan fingerprint density at radius 2 is 1.43 bits per heavy atom. The summed E-state index contributed by atoms with van der Waals surface area (Å²) < 4.78 is 11.2. The molecule has 2 N–H and O–H groups in total. The molecule has 0 aliphatic heterocycles. The number of hydrogen-bond acceptors (Lipinski definition) is 6. The van der Waals surface area contributed by atoms with E-state index in [9.17, 15) is 14.4 Å². The fourth-order valence-corrected chi connectivity index (χ4v) is 3.72. The Bertz CT molecular complexity index is 1540. The van der Waals surface area contributed by atoms with Gasteiger partial charge < -0.3 is 14.8 Å². The first-order chi connectivity index (χ1) is 19.3. The molecule has 0 spiro atoms. The Kier molecular flexibility index (Phi) is 9.04. The summed E-state index contributed by atoms with van der Waals surface area (Å²) in [6.45, 7) is 6.06. The van der Waals surface area contributed by atoms with E-state index in [2.05, 4.69) is 15.8 Å². The number of hydrogen-bond donors (Lipinski definition) is 2. The van der Waals surface area contributed by atoms with Crippen molar-refractivity contribution in [3.05, 3.63) is 124 Å². The van der Waals surface area contributed by atoms with E-state index < -0.39 is 11.9 Å². The molecule has 0 aliphatic rings. The fraction of sp³-hybridized carbons (Fsp3) is 0.125. The highest BCUT2D eigenvalue weighted by Crippen LogP contribution is 2.29. The van der Waals surface area contributed by atoms with Crippen molar-refractivity contribution in [1.82, 2.24) is 5.43 Å². The van der Waals surface area contributed by atoms with Gasteiger partial charge in [-0.2, -0.15) is 5.10 Å². The normalized spacial score (nSPS) is 10.7. The van der Waals surface area contributed by atoms with Gasteiger partial charge >= 0.3 is 5.97 Å². The van der Waals surface area contributed by atoms with Gasteiger partial charge in [-0.15, -0.1) is 0 Å². The number of ether oxygens (including phenoxy) is 2. The summed E-state index contributed by atoms with van der Waals surface area (Å²) in [4.78, 5) is 38.1. The third-order valence-electron chi connectivity index (χ3n) is 5.87. The van der Waals surface area contributed by atoms with Gasteiger partial charge in [0.1, 0.15) is 0 Å². The lowest BCUT2D eigenvalue weighted by Crippen LogP contribution is -2.21. The quantitative estimate of drug-likeness (QED) is 0.119. The van der Waals surface area contributed by atoms with Gasteiger partial charge in [0.2, 0.25) is 0 Å². The molecule has 0 atom stereocenters. The Hall–Kier alpha value is -5.24. The van der Waals surface area contributed by atoms with E-state index in [1.165, 1.54) is 6.21 Å². The Labute approximate surface area is 232 Å². The number of hydrazone groups is 1. The van der Waals surface area contributed by atoms with Crippen LogP contribution in [0.3, 0.4) is 0 Å². The van der Waals surface area contributed by atoms with E-state index >= 15 is 0 Å². The zero-order chi connectivity index (χ0) is 28.5. The van der Waals surface area contributed by atoms with Crippen molar-refractivity contribution in [2.24, 2.45) is 5.10 Å². The molecule has 0 saturated heterocycles. The maximum Gasteiger partial charge on any atom is 0.343 e. The van der Waals surface area contributed by atoms with Gasteiger partial charge in [0, 0.05) is 5.56 Å². The first-order valence-electron chi connectivity index (χ1n) is 12.7. The van der Waals surface area contributed by atoms with Gasteiger partial charge in [-0.3, -0.25) is 9.59 Å². The predicted octanol–water partition coefficient (Wildman–Crippen LogP) is 5.94. The summed E-state index contributed by atoms with van der Waals surface area (Å²) in [5.74, 6) is -0.683. The van der Waals surface area contributed by atoms with Crippen LogP contribution in [0.1, 0.15) is 54.7 Å². The Morgan fingerprint density at radius 1 is 0.775 bits per heavy atom. The molecule has 2 amide bonds. The highest BCUT2D eigenvalue weighted by atomic mass is 16.6. The molecule has 0 radical (unpaired) electrons. The largest absolute Gasteiger partial charge is 0.490 e. The molecule has 0 aromatic heterocycles. The summed E-state index contributed by atoms with van der Waals surface area (Å²) >= 11 is 0. The first-order valence-corrected chi connectivity index (χ1v) is 12.7. The van der Waals surface area contributed by atoms with Crippen molar-refractivity contribution in [3.63, 3.8) is 0 Å². The second-order valence-corrected chi connectivity index (χ2v) is 8.96. The van der Waals surface area contributed by atoms with E-state index in [-0.39, 0.29) is 17.2 Å². The predicted molar refractivity (Wildman–Crippen MR) is 154 cm³/mol. The lowest BCUT2D eigenvalue weighted by atomic mass is 10.1. The third-order valence-corrected chi connectivity index (χ3v) is 5.87. The monoisotopic (exact) mass is 535 g/mol. The van der Waals surface area contributed by atoms with Crippen molar-refractivity contribution in [2.75, 3.05) is 11.9 Å². The van der Waals surface area contributed by atoms with Crippen LogP contribution in [-0.2, 0) is 0 Å². The average Bonchev–Trinajstić information content (AvgIpc) is 2.95. The standard InChI is InChI=1S/C32H29N3O5/c1-4-39-29-19-23(13-18-28(29)40-32(38)25-16-11-22(3)12-17-25)20-33-35-31(37)26-7-5-6-8-27(26)34-30(36)24-14-9-21(2)10-15-24/h5-20H,4H2,1-3H3,(H,34,36)(H,35,37)/b33-20-. The number of rotatable bonds is 9. The number of nitrogens with zero attached hydrogens (tertiary/aromatic N) is 1. The summed E-state index contributed by atoms with van der Waals surface area (Å²) in [7, 11) is 0. The molecule has 40 heavy (non-hydrogen) atoms. The van der Waals surface area contributed by atoms with Crippen molar-refractivity contribution < 1.29 is 23.9 Å². The second kappa shape index (κ2) is 13.0. The van der Waals surface area contributed by atoms with Gasteiger partial charge in [0.25, 0.3) is 11.8 Å². The number of nitrogens with one attached hydrogen (secondary N) is 2. The summed E-state index contributed by atoms with van der Waals surface area (Å²) in [6, 6.07) is 25.9. The van der Waals surface area contributed by atoms with Crippen LogP contribution in [0.25, 0.3) is 0 Å². The van der Waals surface area contributed by atoms with E-state index in [0.717, 1.165) is 11.1 Å². The van der Waals surface area contributed by atoms with Gasteiger partial charge in [-0.1, -0.05) is 47.5 Å². The summed E-state index contributed by atoms with van der Waals surface area (Å²) in [5.41, 5.74) is 6.71. The number of esters is 1. The lowest BCUT2D eigenvalue weighted by molar-refractivity contribution is 0.0728. The maximum absolute atomic E-state index is 12.9. The average molecular weight is 536 g/mol. The number of aryl methyl sites for hydroxylation is 2. The smallest absolute Gasteiger partial charge is 0.343 e. The zero-order valence-electron chi connectivity index (χ0n) is 22.4. The zero-order valence-corrected chi connectivity index (χ0v) is 22.4. The van der Waals surface area contributed by atoms with Crippen LogP contribution >= 0.6 is 0 Å². The minimum Gasteiger partial charge on any atom is -0.490 e. The van der Waals surface area contributed by atoms with Gasteiger partial charge in [-0.05, 0) is 80.9 Å². The molecule has 8 heteroatoms. The molecule has 0 heterocycles. The van der Waals surface area contributed by atoms with Crippen LogP contribution in [0.4, 0.5) is 5.69 Å². The van der Waals surface area contributed by atoms with Crippen molar-refractivity contribution in [3.8, 4) is 11.5 Å².